The highest BCUT2D eigenvalue weighted by atomic mass is 16.3. The second-order valence-corrected chi connectivity index (χ2v) is 40.9. The number of hydrogen-bond donors (Lipinski definition) is 22. The van der Waals surface area contributed by atoms with Crippen LogP contribution in [0, 0.1) is 17.8 Å². The van der Waals surface area contributed by atoms with E-state index in [9.17, 15) is 115 Å². The van der Waals surface area contributed by atoms with E-state index in [1.54, 1.807) is 71.9 Å². The fourth-order valence-electron chi connectivity index (χ4n) is 14.8. The number of likely N-dealkylation sites (tertiary alicyclic amines) is 2. The molecule has 778 valence electrons. The molecule has 2 fully saturated rings. The molecule has 2 heterocycles. The normalized spacial score (nSPS) is 16.2. The van der Waals surface area contributed by atoms with Gasteiger partial charge in [0, 0.05) is 39.3 Å². The molecule has 1 unspecified atom stereocenters. The molecule has 3 rings (SSSR count). The van der Waals surface area contributed by atoms with Crippen molar-refractivity contribution in [2.24, 2.45) is 35.0 Å². The van der Waals surface area contributed by atoms with E-state index in [-0.39, 0.29) is 57.5 Å². The van der Waals surface area contributed by atoms with Crippen LogP contribution < -0.4 is 113 Å². The van der Waals surface area contributed by atoms with Gasteiger partial charge >= 0.3 is 0 Å². The fraction of sp³-hybridized carbons (Fsp3) is 0.685. The summed E-state index contributed by atoms with van der Waals surface area (Å²) in [5, 5.41) is 56.0. The molecule has 2 aliphatic rings. The summed E-state index contributed by atoms with van der Waals surface area (Å²) in [6.07, 6.45) is -1.04. The number of rotatable bonds is 53. The van der Waals surface area contributed by atoms with Crippen molar-refractivity contribution in [1.29, 1.82) is 0 Å². The number of hydrogen-bond acceptors (Lipinski definition) is 24. The molecule has 1 aromatic carbocycles. The van der Waals surface area contributed by atoms with Gasteiger partial charge in [-0.1, -0.05) is 71.9 Å². The average molecular weight is 1960 g/mol. The molecule has 0 radical (unpaired) electrons. The molecule has 0 aromatic heterocycles. The Balaban J connectivity index is 1.65. The zero-order valence-corrected chi connectivity index (χ0v) is 84.7. The minimum atomic E-state index is -1.91. The Kier molecular flexibility index (Phi) is 44.1. The van der Waals surface area contributed by atoms with Gasteiger partial charge in [0.2, 0.25) is 136 Å². The molecule has 11 atom stereocenters. The van der Waals surface area contributed by atoms with E-state index in [4.69, 9.17) is 17.2 Å². The van der Waals surface area contributed by atoms with Crippen LogP contribution in [0.2, 0.25) is 0 Å². The minimum absolute atomic E-state index is 0.00718. The summed E-state index contributed by atoms with van der Waals surface area (Å²) >= 11 is 0. The Morgan fingerprint density at radius 1 is 0.367 bits per heavy atom. The number of carbonyl (C=O) groups is 23. The van der Waals surface area contributed by atoms with Gasteiger partial charge in [0.05, 0.1) is 19.2 Å². The largest absolute Gasteiger partial charge is 0.394 e. The summed E-state index contributed by atoms with van der Waals surface area (Å²) in [5.41, 5.74) is 3.01. The maximum Gasteiger partial charge on any atom is 0.248 e. The van der Waals surface area contributed by atoms with Gasteiger partial charge in [0.25, 0.3) is 0 Å². The molecule has 23 amide bonds. The van der Waals surface area contributed by atoms with Crippen molar-refractivity contribution in [3.8, 4) is 0 Å². The van der Waals surface area contributed by atoms with Crippen LogP contribution in [0.1, 0.15) is 249 Å². The second-order valence-electron chi connectivity index (χ2n) is 40.9. The predicted octanol–water partition coefficient (Wildman–Crippen LogP) is -4.94. The molecule has 139 heavy (non-hydrogen) atoms. The first-order valence-corrected chi connectivity index (χ1v) is 46.4. The number of benzene rings is 1. The number of aliphatic hydroxyl groups excluding tert-OH is 1. The third-order valence-corrected chi connectivity index (χ3v) is 23.2. The van der Waals surface area contributed by atoms with E-state index in [2.05, 4.69) is 95.7 Å². The molecule has 47 nitrogen and oxygen atoms in total. The SMILES string of the molecule is CC(=O)NC(C)(C)C(=O)N1CCC[C@H]1C(=O)NC(C)(C)C(=O)N[C@@H](C)C(=O)NC(C)(C)C(=O)N[C@@H](C)C(=O)N[C@@H](CCC(N)=O)C(=O)NC(C)(C)C(=O)N[C@H](C(=O)NC(C)(C)C(=O)NCC(=O)N[C@@H](CC(C)C)C(=O)NC(C)(C)C(=O)N1CCC[C@H]1C(=O)N[C@H](C(=O)NC(C)(C)C(=O)NC(C)(C)C(=O)N[C@@H](CCC(N)=O)C(=O)N[C@@H](CCC(N)=O)C(=O)NC(CO)Cc1ccccc1)C(C)C)C(C)C. The first kappa shape index (κ1) is 120. The van der Waals surface area contributed by atoms with Gasteiger partial charge in [-0.05, 0) is 206 Å². The van der Waals surface area contributed by atoms with Gasteiger partial charge in [-0.3, -0.25) is 110 Å². The molecule has 2 saturated heterocycles. The Morgan fingerprint density at radius 3 is 1.18 bits per heavy atom. The van der Waals surface area contributed by atoms with Crippen LogP contribution in [-0.4, -0.2) is 288 Å². The summed E-state index contributed by atoms with van der Waals surface area (Å²) in [6.45, 7) is 34.0. The molecule has 0 aliphatic carbocycles. The van der Waals surface area contributed by atoms with Gasteiger partial charge in [-0.15, -0.1) is 0 Å². The van der Waals surface area contributed by atoms with Crippen molar-refractivity contribution >= 4 is 136 Å². The first-order chi connectivity index (χ1) is 63.8. The number of amides is 23. The van der Waals surface area contributed by atoms with E-state index in [0.717, 1.165) is 5.56 Å². The third kappa shape index (κ3) is 37.3. The number of nitrogens with one attached hydrogen (secondary N) is 18. The molecule has 0 spiro atoms. The van der Waals surface area contributed by atoms with E-state index in [0.29, 0.717) is 12.8 Å². The summed E-state index contributed by atoms with van der Waals surface area (Å²) in [7, 11) is 0. The standard InChI is InChI=1S/C92H151N23O24/c1-47(2)43-58(72(127)109-92(24,25)84(139)114-41-29-33-59(114)73(128)104-65(48(3)4)75(130)112-90(20,21)82(137)113-89(18,19)80(135)103-56(36-39-62(94)119)70(125)102-55(35-38-61(93)118)69(124)99-54(46-116)44-53-31-27-26-28-32-53)100-64(121)45-96-77(132)85(10,11)111-76(131)66(49(5)6)105-81(136)88(16,17)108-71(126)57(37-40-63(95)120)101-67(122)50(7)97-78(133)86(12,13)107-68(123)51(8)98-79(134)87(14,15)110-74(129)60-34-30-42-115(60)83(138)91(22,23)106-52(9)117/h26-28,31-32,47-51,54-60,65-66,116H,29-30,33-46H2,1-25H3,(H2,93,118)(H2,94,119)(H2,95,120)(H,96,132)(H,97,133)(H,98,134)(H,99,124)(H,100,121)(H,101,122)(H,102,125)(H,103,135)(H,104,128)(H,105,136)(H,106,117)(H,107,123)(H,108,126)(H,109,127)(H,110,129)(H,111,131)(H,112,130)(H,113,137)/t50-,51-,54?,55-,56-,57-,58-,59-,60-,65-,66-/m0/s1. The zero-order valence-electron chi connectivity index (χ0n) is 84.7. The van der Waals surface area contributed by atoms with Gasteiger partial charge in [0.1, 0.15) is 105 Å². The third-order valence-electron chi connectivity index (χ3n) is 23.2. The Labute approximate surface area is 811 Å². The summed E-state index contributed by atoms with van der Waals surface area (Å²) in [4.78, 5) is 315. The summed E-state index contributed by atoms with van der Waals surface area (Å²) in [6, 6.07) is -5.62. The summed E-state index contributed by atoms with van der Waals surface area (Å²) in [5.74, 6) is -21.0. The number of nitrogens with zero attached hydrogens (tertiary/aromatic N) is 2. The zero-order chi connectivity index (χ0) is 107. The topological polar surface area (TPSA) is 714 Å². The van der Waals surface area contributed by atoms with Crippen LogP contribution in [0.5, 0.6) is 0 Å². The van der Waals surface area contributed by atoms with E-state index >= 15 is 0 Å². The predicted molar refractivity (Wildman–Crippen MR) is 506 cm³/mol. The number of primary amides is 3. The highest BCUT2D eigenvalue weighted by molar-refractivity contribution is 6.05. The quantitative estimate of drug-likeness (QED) is 0.0291. The van der Waals surface area contributed by atoms with Crippen molar-refractivity contribution in [1.82, 2.24) is 106 Å². The van der Waals surface area contributed by atoms with Gasteiger partial charge in [0.15, 0.2) is 0 Å². The van der Waals surface area contributed by atoms with E-state index < -0.39 is 297 Å². The van der Waals surface area contributed by atoms with Gasteiger partial charge in [-0.2, -0.15) is 0 Å². The van der Waals surface area contributed by atoms with Crippen LogP contribution in [0.3, 0.4) is 0 Å². The Bertz CT molecular complexity index is 4700. The lowest BCUT2D eigenvalue weighted by atomic mass is 9.96. The van der Waals surface area contributed by atoms with Crippen LogP contribution in [-0.2, 0) is 117 Å². The van der Waals surface area contributed by atoms with E-state index in [1.807, 2.05) is 0 Å². The van der Waals surface area contributed by atoms with Crippen molar-refractivity contribution in [3.05, 3.63) is 35.9 Å². The molecule has 0 saturated carbocycles. The lowest BCUT2D eigenvalue weighted by Gasteiger charge is -2.36. The summed E-state index contributed by atoms with van der Waals surface area (Å²) < 4.78 is 0. The van der Waals surface area contributed by atoms with E-state index in [1.165, 1.54) is 141 Å². The number of carbonyl (C=O) groups excluding carboxylic acids is 23. The molecule has 2 aliphatic heterocycles. The smallest absolute Gasteiger partial charge is 0.248 e. The molecular formula is C92H151N23O24. The molecular weight excluding hydrogens is 1810 g/mol. The fourth-order valence-corrected chi connectivity index (χ4v) is 14.8. The van der Waals surface area contributed by atoms with Crippen LogP contribution >= 0.6 is 0 Å². The second kappa shape index (κ2) is 51.1. The van der Waals surface area contributed by atoms with Crippen molar-refractivity contribution in [2.45, 2.75) is 361 Å². The lowest BCUT2D eigenvalue weighted by Crippen LogP contribution is -2.66. The van der Waals surface area contributed by atoms with Crippen molar-refractivity contribution in [3.63, 3.8) is 0 Å². The first-order valence-electron chi connectivity index (χ1n) is 46.4. The highest BCUT2D eigenvalue weighted by Gasteiger charge is 2.49. The molecule has 25 N–H and O–H groups in total. The van der Waals surface area contributed by atoms with Crippen LogP contribution in [0.25, 0.3) is 0 Å². The van der Waals surface area contributed by atoms with Gasteiger partial charge < -0.3 is 128 Å². The molecule has 0 bridgehead atoms. The minimum Gasteiger partial charge on any atom is -0.394 e. The number of nitrogens with two attached hydrogens (primary N) is 3. The maximum atomic E-state index is 14.6. The number of aliphatic hydroxyl groups is 1. The highest BCUT2D eigenvalue weighted by Crippen LogP contribution is 2.27. The Hall–Kier alpha value is -13.0. The van der Waals surface area contributed by atoms with Crippen LogP contribution in [0.4, 0.5) is 0 Å². The Morgan fingerprint density at radius 2 is 0.727 bits per heavy atom. The lowest BCUT2D eigenvalue weighted by molar-refractivity contribution is -0.146. The van der Waals surface area contributed by atoms with Gasteiger partial charge in [-0.25, -0.2) is 0 Å². The van der Waals surface area contributed by atoms with Crippen molar-refractivity contribution < 1.29 is 115 Å². The van der Waals surface area contributed by atoms with Crippen molar-refractivity contribution in [2.75, 3.05) is 26.2 Å². The maximum absolute atomic E-state index is 14.6. The van der Waals surface area contributed by atoms with Crippen LogP contribution in [0.15, 0.2) is 30.3 Å². The average Bonchev–Trinajstić information content (AvgIpc) is 1.63. The molecule has 47 heteroatoms. The molecule has 1 aromatic rings. The monoisotopic (exact) mass is 1960 g/mol.